The lowest BCUT2D eigenvalue weighted by Gasteiger charge is -2.01. The summed E-state index contributed by atoms with van der Waals surface area (Å²) in [5.41, 5.74) is 5.54. The number of rotatable bonds is 1. The molecule has 2 rings (SSSR count). The molecule has 0 bridgehead atoms. The Morgan fingerprint density at radius 1 is 1.46 bits per heavy atom. The summed E-state index contributed by atoms with van der Waals surface area (Å²) in [4.78, 5) is 4.18. The summed E-state index contributed by atoms with van der Waals surface area (Å²) in [6, 6.07) is 1.85. The summed E-state index contributed by atoms with van der Waals surface area (Å²) in [6.07, 6.45) is 0. The predicted molar refractivity (Wildman–Crippen MR) is 49.1 cm³/mol. The Kier molecular flexibility index (Phi) is 1.66. The number of aryl methyl sites for hydroxylation is 2. The fourth-order valence-electron chi connectivity index (χ4n) is 1.33. The monoisotopic (exact) mass is 178 g/mol. The van der Waals surface area contributed by atoms with Crippen molar-refractivity contribution in [1.82, 2.24) is 10.1 Å². The summed E-state index contributed by atoms with van der Waals surface area (Å²) < 4.78 is 5.02. The van der Waals surface area contributed by atoms with Gasteiger partial charge in [-0.15, -0.1) is 0 Å². The highest BCUT2D eigenvalue weighted by molar-refractivity contribution is 5.89. The van der Waals surface area contributed by atoms with Gasteiger partial charge in [0.1, 0.15) is 0 Å². The van der Waals surface area contributed by atoms with E-state index in [0.717, 1.165) is 22.5 Å². The maximum Gasteiger partial charge on any atom is 0.260 e. The van der Waals surface area contributed by atoms with E-state index in [9.17, 15) is 0 Å². The summed E-state index contributed by atoms with van der Waals surface area (Å²) in [5, 5.41) is 4.65. The number of nitrogens with two attached hydrogens (primary N) is 1. The van der Waals surface area contributed by atoms with Crippen LogP contribution in [-0.4, -0.2) is 10.1 Å². The second-order valence-electron chi connectivity index (χ2n) is 2.90. The molecule has 3 N–H and O–H groups in total. The zero-order valence-electron chi connectivity index (χ0n) is 7.46. The Morgan fingerprint density at radius 3 is 2.92 bits per heavy atom. The van der Waals surface area contributed by atoms with Crippen LogP contribution in [0.15, 0.2) is 10.6 Å². The van der Waals surface area contributed by atoms with Crippen LogP contribution in [0.4, 0.5) is 5.69 Å². The number of hydrogen-bond acceptors (Lipinski definition) is 5. The maximum absolute atomic E-state index is 5.37. The van der Waals surface area contributed by atoms with Gasteiger partial charge in [-0.1, -0.05) is 5.16 Å². The summed E-state index contributed by atoms with van der Waals surface area (Å²) in [7, 11) is 0. The summed E-state index contributed by atoms with van der Waals surface area (Å²) in [6.45, 7) is 3.72. The predicted octanol–water partition coefficient (Wildman–Crippen LogP) is 1.13. The highest BCUT2D eigenvalue weighted by Gasteiger charge is 2.10. The number of fused-ring (bicyclic) bond motifs is 1. The average molecular weight is 178 g/mol. The van der Waals surface area contributed by atoms with E-state index in [2.05, 4.69) is 15.6 Å². The molecule has 0 spiro atoms. The standard InChI is InChI=1S/C8H10N4O/c1-4-3-6(11-9)7-5(2)12-13-8(7)10-4/h3H,9H2,1-2H3,(H,10,11). The fourth-order valence-corrected chi connectivity index (χ4v) is 1.33. The normalized spacial score (nSPS) is 10.7. The van der Waals surface area contributed by atoms with Crippen molar-refractivity contribution in [2.75, 3.05) is 5.43 Å². The van der Waals surface area contributed by atoms with Gasteiger partial charge < -0.3 is 9.95 Å². The van der Waals surface area contributed by atoms with E-state index in [1.165, 1.54) is 0 Å². The summed E-state index contributed by atoms with van der Waals surface area (Å²) in [5.74, 6) is 5.37. The molecule has 0 saturated carbocycles. The van der Waals surface area contributed by atoms with Crippen LogP contribution in [0.5, 0.6) is 0 Å². The van der Waals surface area contributed by atoms with Crippen molar-refractivity contribution >= 4 is 16.8 Å². The van der Waals surface area contributed by atoms with Crippen molar-refractivity contribution < 1.29 is 4.52 Å². The molecule has 0 aliphatic rings. The Morgan fingerprint density at radius 2 is 2.23 bits per heavy atom. The van der Waals surface area contributed by atoms with Crippen molar-refractivity contribution in [1.29, 1.82) is 0 Å². The molecule has 0 saturated heterocycles. The lowest BCUT2D eigenvalue weighted by Crippen LogP contribution is -2.07. The molecule has 2 heterocycles. The zero-order chi connectivity index (χ0) is 9.42. The minimum Gasteiger partial charge on any atom is -0.335 e. The van der Waals surface area contributed by atoms with Gasteiger partial charge in [-0.2, -0.15) is 0 Å². The van der Waals surface area contributed by atoms with Crippen molar-refractivity contribution in [3.63, 3.8) is 0 Å². The van der Waals surface area contributed by atoms with Crippen LogP contribution in [0.25, 0.3) is 11.1 Å². The van der Waals surface area contributed by atoms with Gasteiger partial charge in [0.25, 0.3) is 5.71 Å². The summed E-state index contributed by atoms with van der Waals surface area (Å²) >= 11 is 0. The minimum atomic E-state index is 0.519. The van der Waals surface area contributed by atoms with E-state index in [-0.39, 0.29) is 0 Å². The first-order chi connectivity index (χ1) is 6.22. The number of aromatic nitrogens is 2. The second-order valence-corrected chi connectivity index (χ2v) is 2.90. The third kappa shape index (κ3) is 1.13. The van der Waals surface area contributed by atoms with Crippen LogP contribution in [0.1, 0.15) is 11.4 Å². The van der Waals surface area contributed by atoms with Gasteiger partial charge in [0.05, 0.1) is 16.8 Å². The van der Waals surface area contributed by atoms with Crippen molar-refractivity contribution in [2.45, 2.75) is 13.8 Å². The molecule has 0 unspecified atom stereocenters. The number of hydrogen-bond donors (Lipinski definition) is 2. The number of hydrazine groups is 1. The fraction of sp³-hybridized carbons (Fsp3) is 0.250. The minimum absolute atomic E-state index is 0.519. The van der Waals surface area contributed by atoms with Gasteiger partial charge in [-0.3, -0.25) is 5.84 Å². The molecule has 0 radical (unpaired) electrons. The molecule has 0 atom stereocenters. The molecule has 0 aliphatic carbocycles. The van der Waals surface area contributed by atoms with E-state index < -0.39 is 0 Å². The number of nitrogens with zero attached hydrogens (tertiary/aromatic N) is 2. The first kappa shape index (κ1) is 8.00. The van der Waals surface area contributed by atoms with Crippen LogP contribution in [-0.2, 0) is 0 Å². The van der Waals surface area contributed by atoms with E-state index in [1.54, 1.807) is 0 Å². The molecule has 2 aromatic rings. The lowest BCUT2D eigenvalue weighted by atomic mass is 10.2. The molecule has 5 nitrogen and oxygen atoms in total. The van der Waals surface area contributed by atoms with E-state index >= 15 is 0 Å². The van der Waals surface area contributed by atoms with Gasteiger partial charge in [-0.05, 0) is 19.9 Å². The number of nitrogen functional groups attached to an aromatic ring is 1. The molecular formula is C8H10N4O. The molecular weight excluding hydrogens is 168 g/mol. The SMILES string of the molecule is Cc1cc(NN)c2c(C)noc2n1. The van der Waals surface area contributed by atoms with Gasteiger partial charge in [0, 0.05) is 5.69 Å². The number of pyridine rings is 1. The quantitative estimate of drug-likeness (QED) is 0.505. The van der Waals surface area contributed by atoms with Gasteiger partial charge in [0.2, 0.25) is 0 Å². The molecule has 2 aromatic heterocycles. The van der Waals surface area contributed by atoms with Crippen molar-refractivity contribution in [3.05, 3.63) is 17.5 Å². The molecule has 68 valence electrons. The van der Waals surface area contributed by atoms with E-state index in [1.807, 2.05) is 19.9 Å². The average Bonchev–Trinajstić information content (AvgIpc) is 2.46. The molecule has 0 aromatic carbocycles. The van der Waals surface area contributed by atoms with Crippen LogP contribution < -0.4 is 11.3 Å². The highest BCUT2D eigenvalue weighted by atomic mass is 16.5. The highest BCUT2D eigenvalue weighted by Crippen LogP contribution is 2.24. The second kappa shape index (κ2) is 2.70. The molecule has 5 heteroatoms. The smallest absolute Gasteiger partial charge is 0.260 e. The number of nitrogens with one attached hydrogen (secondary N) is 1. The van der Waals surface area contributed by atoms with E-state index in [0.29, 0.717) is 5.71 Å². The Balaban J connectivity index is 2.85. The molecule has 13 heavy (non-hydrogen) atoms. The lowest BCUT2D eigenvalue weighted by molar-refractivity contribution is 0.442. The molecule has 0 amide bonds. The Labute approximate surface area is 74.9 Å². The third-order valence-electron chi connectivity index (χ3n) is 1.90. The van der Waals surface area contributed by atoms with Gasteiger partial charge in [0.15, 0.2) is 0 Å². The van der Waals surface area contributed by atoms with Crippen LogP contribution in [0.2, 0.25) is 0 Å². The van der Waals surface area contributed by atoms with E-state index in [4.69, 9.17) is 10.4 Å². The van der Waals surface area contributed by atoms with Crippen LogP contribution in [0.3, 0.4) is 0 Å². The Bertz CT molecular complexity index is 449. The van der Waals surface area contributed by atoms with Crippen molar-refractivity contribution in [2.24, 2.45) is 5.84 Å². The third-order valence-corrected chi connectivity index (χ3v) is 1.90. The van der Waals surface area contributed by atoms with Gasteiger partial charge >= 0.3 is 0 Å². The molecule has 0 fully saturated rings. The van der Waals surface area contributed by atoms with Crippen LogP contribution in [0, 0.1) is 13.8 Å². The maximum atomic E-state index is 5.37. The number of anilines is 1. The van der Waals surface area contributed by atoms with Crippen molar-refractivity contribution in [3.8, 4) is 0 Å². The van der Waals surface area contributed by atoms with Crippen LogP contribution >= 0.6 is 0 Å². The zero-order valence-corrected chi connectivity index (χ0v) is 7.46. The molecule has 0 aliphatic heterocycles. The first-order valence-corrected chi connectivity index (χ1v) is 3.92. The first-order valence-electron chi connectivity index (χ1n) is 3.92. The Hall–Kier alpha value is -1.62. The van der Waals surface area contributed by atoms with Gasteiger partial charge in [-0.25, -0.2) is 4.98 Å². The largest absolute Gasteiger partial charge is 0.335 e. The topological polar surface area (TPSA) is 77.0 Å².